The van der Waals surface area contributed by atoms with Crippen molar-refractivity contribution in [2.45, 2.75) is 13.1 Å². The van der Waals surface area contributed by atoms with Gasteiger partial charge in [0.25, 0.3) is 0 Å². The van der Waals surface area contributed by atoms with Crippen molar-refractivity contribution < 1.29 is 14.7 Å². The molecule has 19 heavy (non-hydrogen) atoms. The van der Waals surface area contributed by atoms with Crippen LogP contribution in [0.15, 0.2) is 48.5 Å². The molecule has 0 aromatic heterocycles. The summed E-state index contributed by atoms with van der Waals surface area (Å²) in [6.45, 7) is 1.21. The lowest BCUT2D eigenvalue weighted by molar-refractivity contribution is -0.108. The highest BCUT2D eigenvalue weighted by atomic mass is 16.7. The first-order valence-electron chi connectivity index (χ1n) is 6.17. The maximum atomic E-state index is 9.97. The molecule has 4 nitrogen and oxygen atoms in total. The van der Waals surface area contributed by atoms with Crippen molar-refractivity contribution in [3.8, 4) is 11.5 Å². The van der Waals surface area contributed by atoms with Gasteiger partial charge in [-0.1, -0.05) is 36.4 Å². The fourth-order valence-electron chi connectivity index (χ4n) is 2.10. The van der Waals surface area contributed by atoms with Crippen LogP contribution in [0.25, 0.3) is 0 Å². The Labute approximate surface area is 111 Å². The second-order valence-electron chi connectivity index (χ2n) is 4.50. The Morgan fingerprint density at radius 3 is 2.47 bits per heavy atom. The molecular weight excluding hydrogens is 242 g/mol. The molecule has 0 unspecified atom stereocenters. The second-order valence-corrected chi connectivity index (χ2v) is 4.50. The van der Waals surface area contributed by atoms with Gasteiger partial charge < -0.3 is 14.7 Å². The van der Waals surface area contributed by atoms with Crippen LogP contribution in [0.2, 0.25) is 0 Å². The topological polar surface area (TPSA) is 41.9 Å². The highest BCUT2D eigenvalue weighted by molar-refractivity contribution is 5.44. The summed E-state index contributed by atoms with van der Waals surface area (Å²) in [5, 5.41) is 11.3. The molecule has 1 aliphatic rings. The second kappa shape index (κ2) is 5.30. The average molecular weight is 257 g/mol. The lowest BCUT2D eigenvalue weighted by Gasteiger charge is -2.15. The van der Waals surface area contributed by atoms with E-state index in [0.29, 0.717) is 13.1 Å². The molecular formula is C15H15NO3. The third-order valence-corrected chi connectivity index (χ3v) is 3.01. The maximum Gasteiger partial charge on any atom is 0.231 e. The van der Waals surface area contributed by atoms with Crippen LogP contribution >= 0.6 is 0 Å². The van der Waals surface area contributed by atoms with E-state index in [1.807, 2.05) is 48.5 Å². The Morgan fingerprint density at radius 2 is 1.63 bits per heavy atom. The molecule has 2 aromatic carbocycles. The molecule has 0 bridgehead atoms. The molecule has 4 heteroatoms. The van der Waals surface area contributed by atoms with Crippen molar-refractivity contribution >= 4 is 0 Å². The average Bonchev–Trinajstić information content (AvgIpc) is 2.87. The largest absolute Gasteiger partial charge is 0.454 e. The number of benzene rings is 2. The van der Waals surface area contributed by atoms with Gasteiger partial charge in [0, 0.05) is 13.1 Å². The standard InChI is InChI=1S/C15H15NO3/c17-16(9-12-4-2-1-3-5-12)10-13-6-7-14-15(8-13)19-11-18-14/h1-8,17H,9-11H2. The van der Waals surface area contributed by atoms with E-state index in [0.717, 1.165) is 22.6 Å². The minimum atomic E-state index is 0.269. The third kappa shape index (κ3) is 2.86. The van der Waals surface area contributed by atoms with E-state index in [1.54, 1.807) is 0 Å². The summed E-state index contributed by atoms with van der Waals surface area (Å²) in [7, 11) is 0. The number of rotatable bonds is 4. The van der Waals surface area contributed by atoms with Crippen LogP contribution in [-0.2, 0) is 13.1 Å². The molecule has 0 spiro atoms. The Bertz CT molecular complexity index is 557. The van der Waals surface area contributed by atoms with Crippen LogP contribution < -0.4 is 9.47 Å². The Hall–Kier alpha value is -2.04. The lowest BCUT2D eigenvalue weighted by atomic mass is 10.2. The minimum Gasteiger partial charge on any atom is -0.454 e. The van der Waals surface area contributed by atoms with Gasteiger partial charge >= 0.3 is 0 Å². The van der Waals surface area contributed by atoms with E-state index >= 15 is 0 Å². The molecule has 1 aliphatic heterocycles. The van der Waals surface area contributed by atoms with Crippen LogP contribution in [0.3, 0.4) is 0 Å². The molecule has 0 radical (unpaired) electrons. The predicted molar refractivity (Wildman–Crippen MR) is 70.0 cm³/mol. The van der Waals surface area contributed by atoms with Gasteiger partial charge in [0.2, 0.25) is 6.79 Å². The molecule has 1 heterocycles. The Balaban J connectivity index is 1.65. The first-order valence-corrected chi connectivity index (χ1v) is 6.17. The van der Waals surface area contributed by atoms with Crippen molar-refractivity contribution in [1.29, 1.82) is 0 Å². The third-order valence-electron chi connectivity index (χ3n) is 3.01. The molecule has 98 valence electrons. The quantitative estimate of drug-likeness (QED) is 0.855. The van der Waals surface area contributed by atoms with Crippen LogP contribution in [0.1, 0.15) is 11.1 Å². The molecule has 0 aliphatic carbocycles. The highest BCUT2D eigenvalue weighted by Gasteiger charge is 2.14. The predicted octanol–water partition coefficient (Wildman–Crippen LogP) is 2.81. The van der Waals surface area contributed by atoms with Gasteiger partial charge in [-0.05, 0) is 23.3 Å². The summed E-state index contributed by atoms with van der Waals surface area (Å²) in [4.78, 5) is 0. The van der Waals surface area contributed by atoms with E-state index in [-0.39, 0.29) is 6.79 Å². The minimum absolute atomic E-state index is 0.269. The fourth-order valence-corrected chi connectivity index (χ4v) is 2.10. The molecule has 0 fully saturated rings. The molecule has 0 atom stereocenters. The Kier molecular flexibility index (Phi) is 3.35. The van der Waals surface area contributed by atoms with Gasteiger partial charge in [-0.25, -0.2) is 0 Å². The number of fused-ring (bicyclic) bond motifs is 1. The molecule has 3 rings (SSSR count). The fraction of sp³-hybridized carbons (Fsp3) is 0.200. The zero-order valence-corrected chi connectivity index (χ0v) is 10.5. The summed E-state index contributed by atoms with van der Waals surface area (Å²) >= 11 is 0. The SMILES string of the molecule is ON(Cc1ccccc1)Cc1ccc2c(c1)OCO2. The zero-order chi connectivity index (χ0) is 13.1. The summed E-state index contributed by atoms with van der Waals surface area (Å²) in [6.07, 6.45) is 0. The van der Waals surface area contributed by atoms with Crippen LogP contribution in [0.5, 0.6) is 11.5 Å². The zero-order valence-electron chi connectivity index (χ0n) is 10.5. The number of hydrogen-bond acceptors (Lipinski definition) is 4. The van der Waals surface area contributed by atoms with Gasteiger partial charge in [0.05, 0.1) is 0 Å². The van der Waals surface area contributed by atoms with Gasteiger partial charge in [0.15, 0.2) is 11.5 Å². The van der Waals surface area contributed by atoms with Crippen LogP contribution in [-0.4, -0.2) is 17.1 Å². The number of nitrogens with zero attached hydrogens (tertiary/aromatic N) is 1. The van der Waals surface area contributed by atoms with Crippen molar-refractivity contribution in [2.75, 3.05) is 6.79 Å². The van der Waals surface area contributed by atoms with E-state index in [1.165, 1.54) is 5.06 Å². The molecule has 0 amide bonds. The van der Waals surface area contributed by atoms with Gasteiger partial charge in [0.1, 0.15) is 0 Å². The summed E-state index contributed by atoms with van der Waals surface area (Å²) in [6, 6.07) is 15.6. The normalized spacial score (nSPS) is 12.9. The van der Waals surface area contributed by atoms with Gasteiger partial charge in [-0.2, -0.15) is 5.06 Å². The van der Waals surface area contributed by atoms with Crippen molar-refractivity contribution in [1.82, 2.24) is 5.06 Å². The summed E-state index contributed by atoms with van der Waals surface area (Å²) < 4.78 is 10.6. The molecule has 0 saturated heterocycles. The number of ether oxygens (including phenoxy) is 2. The van der Waals surface area contributed by atoms with Gasteiger partial charge in [-0.15, -0.1) is 0 Å². The molecule has 1 N–H and O–H groups in total. The summed E-state index contributed by atoms with van der Waals surface area (Å²) in [5.41, 5.74) is 2.06. The first kappa shape index (κ1) is 12.0. The molecule has 0 saturated carbocycles. The molecule has 2 aromatic rings. The lowest BCUT2D eigenvalue weighted by Crippen LogP contribution is -2.17. The van der Waals surface area contributed by atoms with E-state index in [2.05, 4.69) is 0 Å². The van der Waals surface area contributed by atoms with Crippen LogP contribution in [0.4, 0.5) is 0 Å². The summed E-state index contributed by atoms with van der Waals surface area (Å²) in [5.74, 6) is 1.50. The van der Waals surface area contributed by atoms with Crippen molar-refractivity contribution in [3.05, 3.63) is 59.7 Å². The number of hydrogen-bond donors (Lipinski definition) is 1. The van der Waals surface area contributed by atoms with E-state index in [4.69, 9.17) is 9.47 Å². The Morgan fingerprint density at radius 1 is 0.895 bits per heavy atom. The highest BCUT2D eigenvalue weighted by Crippen LogP contribution is 2.32. The first-order chi connectivity index (χ1) is 9.31. The number of hydroxylamine groups is 2. The smallest absolute Gasteiger partial charge is 0.231 e. The van der Waals surface area contributed by atoms with E-state index < -0.39 is 0 Å². The van der Waals surface area contributed by atoms with E-state index in [9.17, 15) is 5.21 Å². The maximum absolute atomic E-state index is 9.97. The van der Waals surface area contributed by atoms with Crippen LogP contribution in [0, 0.1) is 0 Å². The van der Waals surface area contributed by atoms with Crippen molar-refractivity contribution in [3.63, 3.8) is 0 Å². The monoisotopic (exact) mass is 257 g/mol. The van der Waals surface area contributed by atoms with Gasteiger partial charge in [-0.3, -0.25) is 0 Å². The van der Waals surface area contributed by atoms with Crippen molar-refractivity contribution in [2.24, 2.45) is 0 Å².